The van der Waals surface area contributed by atoms with Crippen molar-refractivity contribution in [2.24, 2.45) is 5.92 Å². The second kappa shape index (κ2) is 7.34. The summed E-state index contributed by atoms with van der Waals surface area (Å²) in [4.78, 5) is 0. The van der Waals surface area contributed by atoms with E-state index in [-0.39, 0.29) is 0 Å². The first-order chi connectivity index (χ1) is 7.64. The summed E-state index contributed by atoms with van der Waals surface area (Å²) in [6.07, 6.45) is 5.88. The third-order valence-corrected chi connectivity index (χ3v) is 4.73. The summed E-state index contributed by atoms with van der Waals surface area (Å²) in [6, 6.07) is 0. The van der Waals surface area contributed by atoms with Crippen LogP contribution in [0.3, 0.4) is 0 Å². The highest BCUT2D eigenvalue weighted by atomic mass is 28.3. The first-order valence-electron chi connectivity index (χ1n) is 6.52. The third kappa shape index (κ3) is 12.1. The van der Waals surface area contributed by atoms with E-state index in [4.69, 9.17) is 4.74 Å². The normalized spacial score (nSPS) is 14.4. The zero-order valence-corrected chi connectivity index (χ0v) is 14.7. The second-order valence-electron chi connectivity index (χ2n) is 6.90. The first-order valence-corrected chi connectivity index (χ1v) is 13.7. The third-order valence-electron chi connectivity index (χ3n) is 2.34. The molecule has 0 atom stereocenters. The Labute approximate surface area is 110 Å². The molecule has 0 rings (SSSR count). The maximum absolute atomic E-state index is 5.19. The Bertz CT molecular complexity index is 232. The lowest BCUT2D eigenvalue weighted by Gasteiger charge is -2.14. The predicted molar refractivity (Wildman–Crippen MR) is 85.0 cm³/mol. The van der Waals surface area contributed by atoms with Crippen LogP contribution in [0.5, 0.6) is 0 Å². The van der Waals surface area contributed by atoms with Gasteiger partial charge < -0.3 is 4.74 Å². The van der Waals surface area contributed by atoms with E-state index in [9.17, 15) is 0 Å². The highest BCUT2D eigenvalue weighted by molar-refractivity contribution is 6.81. The van der Waals surface area contributed by atoms with Gasteiger partial charge in [0.2, 0.25) is 0 Å². The van der Waals surface area contributed by atoms with E-state index in [1.54, 1.807) is 7.11 Å². The van der Waals surface area contributed by atoms with E-state index < -0.39 is 16.1 Å². The van der Waals surface area contributed by atoms with Crippen LogP contribution in [0.1, 0.15) is 6.42 Å². The standard InChI is InChI=1S/C14H30OSi2/c1-15-11-8-14(9-12-16(2,3)4)10-13-17(5,6)7/h9-10,12-14H,8,11H2,1-7H3/b12-9+,13-10+. The van der Waals surface area contributed by atoms with Crippen molar-refractivity contribution in [3.8, 4) is 0 Å². The molecule has 0 saturated carbocycles. The molecule has 0 amide bonds. The summed E-state index contributed by atoms with van der Waals surface area (Å²) in [6.45, 7) is 15.1. The highest BCUT2D eigenvalue weighted by Crippen LogP contribution is 2.13. The lowest BCUT2D eigenvalue weighted by molar-refractivity contribution is 0.189. The second-order valence-corrected chi connectivity index (χ2v) is 17.0. The summed E-state index contributed by atoms with van der Waals surface area (Å²) < 4.78 is 5.19. The lowest BCUT2D eigenvalue weighted by atomic mass is 10.1. The van der Waals surface area contributed by atoms with E-state index in [1.165, 1.54) is 0 Å². The monoisotopic (exact) mass is 270 g/mol. The Morgan fingerprint density at radius 1 is 0.882 bits per heavy atom. The smallest absolute Gasteiger partial charge is 0.0683 e. The summed E-state index contributed by atoms with van der Waals surface area (Å²) in [5, 5.41) is 0. The Morgan fingerprint density at radius 3 is 1.59 bits per heavy atom. The summed E-state index contributed by atoms with van der Waals surface area (Å²) in [7, 11) is -0.377. The number of hydrogen-bond acceptors (Lipinski definition) is 1. The van der Waals surface area contributed by atoms with Gasteiger partial charge in [-0.05, 0) is 12.3 Å². The number of hydrogen-bond donors (Lipinski definition) is 0. The van der Waals surface area contributed by atoms with Gasteiger partial charge in [0.15, 0.2) is 0 Å². The van der Waals surface area contributed by atoms with E-state index in [1.807, 2.05) is 0 Å². The van der Waals surface area contributed by atoms with E-state index >= 15 is 0 Å². The van der Waals surface area contributed by atoms with Crippen LogP contribution in [0.2, 0.25) is 39.3 Å². The Hall–Kier alpha value is -0.126. The largest absolute Gasteiger partial charge is 0.385 e. The van der Waals surface area contributed by atoms with Crippen LogP contribution in [-0.2, 0) is 4.74 Å². The van der Waals surface area contributed by atoms with Crippen molar-refractivity contribution < 1.29 is 4.74 Å². The Morgan fingerprint density at radius 2 is 1.29 bits per heavy atom. The van der Waals surface area contributed by atoms with Gasteiger partial charge in [-0.2, -0.15) is 0 Å². The number of allylic oxidation sites excluding steroid dienone is 2. The zero-order valence-electron chi connectivity index (χ0n) is 12.7. The minimum atomic E-state index is -1.08. The molecule has 17 heavy (non-hydrogen) atoms. The van der Waals surface area contributed by atoms with Gasteiger partial charge in [0, 0.05) is 13.7 Å². The predicted octanol–water partition coefficient (Wildman–Crippen LogP) is 4.51. The Kier molecular flexibility index (Phi) is 7.29. The molecule has 0 aromatic heterocycles. The minimum Gasteiger partial charge on any atom is -0.385 e. The molecule has 0 bridgehead atoms. The molecule has 0 N–H and O–H groups in total. The van der Waals surface area contributed by atoms with Crippen LogP contribution >= 0.6 is 0 Å². The molecule has 100 valence electrons. The molecule has 0 radical (unpaired) electrons. The molecule has 0 aromatic rings. The molecule has 3 heteroatoms. The van der Waals surface area contributed by atoms with Crippen molar-refractivity contribution in [2.45, 2.75) is 45.7 Å². The fourth-order valence-corrected chi connectivity index (χ4v) is 2.98. The van der Waals surface area contributed by atoms with Crippen LogP contribution in [0.25, 0.3) is 0 Å². The minimum absolute atomic E-state index is 0.549. The van der Waals surface area contributed by atoms with E-state index in [2.05, 4.69) is 62.8 Å². The van der Waals surface area contributed by atoms with Crippen LogP contribution < -0.4 is 0 Å². The van der Waals surface area contributed by atoms with Crippen molar-refractivity contribution in [2.75, 3.05) is 13.7 Å². The number of methoxy groups -OCH3 is 1. The Balaban J connectivity index is 4.54. The van der Waals surface area contributed by atoms with Gasteiger partial charge >= 0.3 is 0 Å². The topological polar surface area (TPSA) is 9.23 Å². The van der Waals surface area contributed by atoms with Crippen LogP contribution in [0, 0.1) is 5.92 Å². The van der Waals surface area contributed by atoms with Crippen molar-refractivity contribution in [1.29, 1.82) is 0 Å². The van der Waals surface area contributed by atoms with Crippen molar-refractivity contribution >= 4 is 16.1 Å². The molecule has 1 nitrogen and oxygen atoms in total. The van der Waals surface area contributed by atoms with Crippen LogP contribution in [0.15, 0.2) is 23.6 Å². The quantitative estimate of drug-likeness (QED) is 0.619. The fourth-order valence-electron chi connectivity index (χ4n) is 1.34. The molecule has 0 aliphatic carbocycles. The fraction of sp³-hybridized carbons (Fsp3) is 0.714. The average Bonchev–Trinajstić information content (AvgIpc) is 2.13. The highest BCUT2D eigenvalue weighted by Gasteiger charge is 2.11. The molecular formula is C14H30OSi2. The van der Waals surface area contributed by atoms with Crippen molar-refractivity contribution in [3.05, 3.63) is 23.6 Å². The van der Waals surface area contributed by atoms with Crippen molar-refractivity contribution in [3.63, 3.8) is 0 Å². The van der Waals surface area contributed by atoms with Gasteiger partial charge in [-0.15, -0.1) is 0 Å². The maximum atomic E-state index is 5.19. The molecule has 0 aromatic carbocycles. The molecule has 0 heterocycles. The van der Waals surface area contributed by atoms with E-state index in [0.717, 1.165) is 13.0 Å². The molecule has 0 spiro atoms. The van der Waals surface area contributed by atoms with Crippen LogP contribution in [-0.4, -0.2) is 29.9 Å². The summed E-state index contributed by atoms with van der Waals surface area (Å²) in [5.41, 5.74) is 4.89. The van der Waals surface area contributed by atoms with Gasteiger partial charge in [0.25, 0.3) is 0 Å². The zero-order chi connectivity index (χ0) is 13.5. The molecule has 0 saturated heterocycles. The SMILES string of the molecule is COCCC(/C=C/[Si](C)(C)C)/C=C/[Si](C)(C)C. The molecule has 0 aliphatic rings. The van der Waals surface area contributed by atoms with Crippen LogP contribution in [0.4, 0.5) is 0 Å². The van der Waals surface area contributed by atoms with Gasteiger partial charge in [0.05, 0.1) is 16.1 Å². The first kappa shape index (κ1) is 16.9. The number of ether oxygens (including phenoxy) is 1. The summed E-state index contributed by atoms with van der Waals surface area (Å²) >= 11 is 0. The van der Waals surface area contributed by atoms with Gasteiger partial charge in [-0.1, -0.05) is 62.8 Å². The molecular weight excluding hydrogens is 240 g/mol. The average molecular weight is 271 g/mol. The van der Waals surface area contributed by atoms with E-state index in [0.29, 0.717) is 5.92 Å². The number of rotatable bonds is 7. The van der Waals surface area contributed by atoms with Gasteiger partial charge in [0.1, 0.15) is 0 Å². The van der Waals surface area contributed by atoms with Gasteiger partial charge in [-0.25, -0.2) is 0 Å². The lowest BCUT2D eigenvalue weighted by Crippen LogP contribution is -2.17. The van der Waals surface area contributed by atoms with Crippen molar-refractivity contribution in [1.82, 2.24) is 0 Å². The molecule has 0 unspecified atom stereocenters. The van der Waals surface area contributed by atoms with Gasteiger partial charge in [-0.3, -0.25) is 0 Å². The molecule has 0 aliphatic heterocycles. The maximum Gasteiger partial charge on any atom is 0.0683 e. The summed E-state index contributed by atoms with van der Waals surface area (Å²) in [5.74, 6) is 0.549. The molecule has 0 fully saturated rings.